The van der Waals surface area contributed by atoms with E-state index in [1.165, 1.54) is 0 Å². The molecule has 0 aliphatic rings. The zero-order valence-corrected chi connectivity index (χ0v) is 6.17. The molecule has 0 bridgehead atoms. The van der Waals surface area contributed by atoms with Crippen LogP contribution in [0.2, 0.25) is 0 Å². The molecule has 0 aromatic carbocycles. The number of hydrogen-bond acceptors (Lipinski definition) is 3. The fourth-order valence-electron chi connectivity index (χ4n) is 0.381. The highest BCUT2D eigenvalue weighted by Crippen LogP contribution is 1.75. The fraction of sp³-hybridized carbons (Fsp3) is 0.571. The first-order valence-electron chi connectivity index (χ1n) is 3.18. The summed E-state index contributed by atoms with van der Waals surface area (Å²) in [6, 6.07) is -0.134. The van der Waals surface area contributed by atoms with Gasteiger partial charge >= 0.3 is 0 Å². The minimum atomic E-state index is -0.134. The van der Waals surface area contributed by atoms with Crippen LogP contribution in [0.5, 0.6) is 0 Å². The molecular formula is C7H13NO2. The molecule has 10 heavy (non-hydrogen) atoms. The van der Waals surface area contributed by atoms with Gasteiger partial charge in [-0.15, -0.1) is 6.58 Å². The highest BCUT2D eigenvalue weighted by atomic mass is 16.5. The Hall–Kier alpha value is -0.670. The lowest BCUT2D eigenvalue weighted by atomic mass is 10.4. The van der Waals surface area contributed by atoms with Crippen molar-refractivity contribution in [1.29, 1.82) is 0 Å². The minimum absolute atomic E-state index is 0.134. The number of carbonyl (C=O) groups is 1. The van der Waals surface area contributed by atoms with Crippen molar-refractivity contribution in [2.24, 2.45) is 0 Å². The summed E-state index contributed by atoms with van der Waals surface area (Å²) < 4.78 is 4.97. The van der Waals surface area contributed by atoms with Crippen molar-refractivity contribution in [3.05, 3.63) is 12.7 Å². The number of hydrogen-bond donors (Lipinski definition) is 1. The van der Waals surface area contributed by atoms with Crippen molar-refractivity contribution >= 4 is 6.29 Å². The van der Waals surface area contributed by atoms with Crippen LogP contribution in [0.4, 0.5) is 0 Å². The van der Waals surface area contributed by atoms with Gasteiger partial charge in [0.2, 0.25) is 0 Å². The van der Waals surface area contributed by atoms with Crippen molar-refractivity contribution in [2.45, 2.75) is 13.0 Å². The fourth-order valence-corrected chi connectivity index (χ4v) is 0.381. The van der Waals surface area contributed by atoms with Gasteiger partial charge in [-0.3, -0.25) is 5.32 Å². The predicted octanol–water partition coefficient (Wildman–Crippen LogP) is 0.323. The molecule has 0 saturated heterocycles. The van der Waals surface area contributed by atoms with Crippen LogP contribution >= 0.6 is 0 Å². The van der Waals surface area contributed by atoms with E-state index >= 15 is 0 Å². The number of rotatable bonds is 6. The van der Waals surface area contributed by atoms with Gasteiger partial charge < -0.3 is 9.53 Å². The number of nitrogens with one attached hydrogen (secondary N) is 1. The Balaban J connectivity index is 3.02. The summed E-state index contributed by atoms with van der Waals surface area (Å²) in [6.07, 6.45) is 2.49. The first-order chi connectivity index (χ1) is 4.81. The van der Waals surface area contributed by atoms with Crippen LogP contribution in [-0.4, -0.2) is 25.7 Å². The van der Waals surface area contributed by atoms with Crippen LogP contribution in [0.15, 0.2) is 12.7 Å². The van der Waals surface area contributed by atoms with Gasteiger partial charge in [-0.05, 0) is 6.92 Å². The van der Waals surface area contributed by atoms with E-state index in [1.54, 1.807) is 13.0 Å². The Morgan fingerprint density at radius 1 is 1.80 bits per heavy atom. The van der Waals surface area contributed by atoms with Crippen LogP contribution < -0.4 is 5.32 Å². The molecule has 0 aromatic rings. The van der Waals surface area contributed by atoms with Gasteiger partial charge in [-0.2, -0.15) is 0 Å². The molecule has 0 aromatic heterocycles. The lowest BCUT2D eigenvalue weighted by Gasteiger charge is -2.05. The second kappa shape index (κ2) is 6.45. The van der Waals surface area contributed by atoms with Crippen LogP contribution in [-0.2, 0) is 9.53 Å². The maximum absolute atomic E-state index is 10.0. The molecular weight excluding hydrogens is 130 g/mol. The average molecular weight is 143 g/mol. The van der Waals surface area contributed by atoms with Crippen LogP contribution in [0.3, 0.4) is 0 Å². The van der Waals surface area contributed by atoms with Crippen molar-refractivity contribution in [3.8, 4) is 0 Å². The molecule has 0 spiro atoms. The Kier molecular flexibility index (Phi) is 6.02. The Labute approximate surface area is 61.1 Å². The van der Waals surface area contributed by atoms with Gasteiger partial charge in [-0.1, -0.05) is 6.08 Å². The first-order valence-corrected chi connectivity index (χ1v) is 3.18. The quantitative estimate of drug-likeness (QED) is 0.252. The maximum atomic E-state index is 10.0. The molecule has 3 heteroatoms. The molecule has 58 valence electrons. The maximum Gasteiger partial charge on any atom is 0.136 e. The number of aldehydes is 1. The summed E-state index contributed by atoms with van der Waals surface area (Å²) in [6.45, 7) is 6.15. The van der Waals surface area contributed by atoms with E-state index in [4.69, 9.17) is 4.74 Å². The largest absolute Gasteiger partial charge is 0.362 e. The van der Waals surface area contributed by atoms with E-state index in [0.717, 1.165) is 6.29 Å². The average Bonchev–Trinajstić information content (AvgIpc) is 1.98. The summed E-state index contributed by atoms with van der Waals surface area (Å²) in [5.41, 5.74) is 0. The summed E-state index contributed by atoms with van der Waals surface area (Å²) in [7, 11) is 0. The van der Waals surface area contributed by atoms with Crippen LogP contribution in [0.1, 0.15) is 6.92 Å². The molecule has 0 amide bonds. The van der Waals surface area contributed by atoms with E-state index in [-0.39, 0.29) is 6.04 Å². The summed E-state index contributed by atoms with van der Waals surface area (Å²) in [5, 5.41) is 2.83. The normalized spacial score (nSPS) is 12.5. The highest BCUT2D eigenvalue weighted by Gasteiger charge is 1.94. The molecule has 3 nitrogen and oxygen atoms in total. The van der Waals surface area contributed by atoms with Gasteiger partial charge in [0.1, 0.15) is 6.29 Å². The SMILES string of the molecule is C=CCOCNC(C)C=O. The van der Waals surface area contributed by atoms with E-state index in [1.807, 2.05) is 0 Å². The van der Waals surface area contributed by atoms with Crippen molar-refractivity contribution in [2.75, 3.05) is 13.3 Å². The van der Waals surface area contributed by atoms with Crippen LogP contribution in [0, 0.1) is 0 Å². The lowest BCUT2D eigenvalue weighted by Crippen LogP contribution is -2.29. The second-order valence-corrected chi connectivity index (χ2v) is 1.93. The predicted molar refractivity (Wildman–Crippen MR) is 39.7 cm³/mol. The van der Waals surface area contributed by atoms with E-state index in [9.17, 15) is 4.79 Å². The third-order valence-corrected chi connectivity index (χ3v) is 0.947. The lowest BCUT2D eigenvalue weighted by molar-refractivity contribution is -0.109. The Morgan fingerprint density at radius 2 is 2.50 bits per heavy atom. The molecule has 1 unspecified atom stereocenters. The van der Waals surface area contributed by atoms with Crippen molar-refractivity contribution in [3.63, 3.8) is 0 Å². The van der Waals surface area contributed by atoms with E-state index in [0.29, 0.717) is 13.3 Å². The molecule has 0 heterocycles. The molecule has 0 aliphatic heterocycles. The number of ether oxygens (including phenoxy) is 1. The zero-order valence-electron chi connectivity index (χ0n) is 6.17. The van der Waals surface area contributed by atoms with E-state index < -0.39 is 0 Å². The van der Waals surface area contributed by atoms with Gasteiger partial charge in [0.25, 0.3) is 0 Å². The smallest absolute Gasteiger partial charge is 0.136 e. The standard InChI is InChI=1S/C7H13NO2/c1-3-4-10-6-8-7(2)5-9/h3,5,7-8H,1,4,6H2,2H3. The minimum Gasteiger partial charge on any atom is -0.362 e. The molecule has 0 saturated carbocycles. The topological polar surface area (TPSA) is 38.3 Å². The molecule has 0 rings (SSSR count). The molecule has 1 atom stereocenters. The van der Waals surface area contributed by atoms with Gasteiger partial charge in [-0.25, -0.2) is 0 Å². The van der Waals surface area contributed by atoms with Gasteiger partial charge in [0.15, 0.2) is 0 Å². The Bertz CT molecular complexity index is 104. The van der Waals surface area contributed by atoms with E-state index in [2.05, 4.69) is 11.9 Å². The molecule has 0 radical (unpaired) electrons. The highest BCUT2D eigenvalue weighted by molar-refractivity contribution is 5.56. The zero-order chi connectivity index (χ0) is 7.82. The molecule has 1 N–H and O–H groups in total. The first kappa shape index (κ1) is 9.33. The van der Waals surface area contributed by atoms with Crippen LogP contribution in [0.25, 0.3) is 0 Å². The van der Waals surface area contributed by atoms with Crippen molar-refractivity contribution < 1.29 is 9.53 Å². The summed E-state index contributed by atoms with van der Waals surface area (Å²) in [5.74, 6) is 0. The second-order valence-electron chi connectivity index (χ2n) is 1.93. The van der Waals surface area contributed by atoms with Crippen molar-refractivity contribution in [1.82, 2.24) is 5.32 Å². The third kappa shape index (κ3) is 5.47. The molecule has 0 fully saturated rings. The monoisotopic (exact) mass is 143 g/mol. The Morgan fingerprint density at radius 3 is 3.00 bits per heavy atom. The summed E-state index contributed by atoms with van der Waals surface area (Å²) in [4.78, 5) is 10.0. The third-order valence-electron chi connectivity index (χ3n) is 0.947. The summed E-state index contributed by atoms with van der Waals surface area (Å²) >= 11 is 0. The van der Waals surface area contributed by atoms with Gasteiger partial charge in [0, 0.05) is 0 Å². The van der Waals surface area contributed by atoms with Gasteiger partial charge in [0.05, 0.1) is 19.4 Å². The number of carbonyl (C=O) groups excluding carboxylic acids is 1. The molecule has 0 aliphatic carbocycles.